The number of anilines is 1. The molecule has 2 aromatic rings. The molecule has 0 aliphatic carbocycles. The quantitative estimate of drug-likeness (QED) is 0.892. The summed E-state index contributed by atoms with van der Waals surface area (Å²) in [6, 6.07) is 6.62. The monoisotopic (exact) mass is 260 g/mol. The van der Waals surface area contributed by atoms with Gasteiger partial charge in [-0.25, -0.2) is 14.4 Å². The molecular formula is C14H17FN4. The van der Waals surface area contributed by atoms with Crippen molar-refractivity contribution in [2.75, 3.05) is 32.1 Å². The molecule has 19 heavy (non-hydrogen) atoms. The number of hydrogen-bond acceptors (Lipinski definition) is 4. The largest absolute Gasteiger partial charge is 0.343 e. The number of benzene rings is 1. The second-order valence-electron chi connectivity index (χ2n) is 4.28. The van der Waals surface area contributed by atoms with Crippen LogP contribution in [-0.4, -0.2) is 37.2 Å². The summed E-state index contributed by atoms with van der Waals surface area (Å²) in [5.41, 5.74) is 1.20. The number of likely N-dealkylation sites (N-methyl/N-ethyl adjacent to an activating group) is 2. The zero-order chi connectivity index (χ0) is 13.7. The third-order valence-corrected chi connectivity index (χ3v) is 2.86. The van der Waals surface area contributed by atoms with E-state index in [1.165, 1.54) is 6.07 Å². The van der Waals surface area contributed by atoms with Gasteiger partial charge in [-0.2, -0.15) is 0 Å². The topological polar surface area (TPSA) is 41.0 Å². The summed E-state index contributed by atoms with van der Waals surface area (Å²) in [7, 11) is 3.82. The second-order valence-corrected chi connectivity index (χ2v) is 4.28. The minimum Gasteiger partial charge on any atom is -0.343 e. The molecule has 0 saturated heterocycles. The molecule has 1 heterocycles. The third-order valence-electron chi connectivity index (χ3n) is 2.86. The van der Waals surface area contributed by atoms with Gasteiger partial charge in [0.05, 0.1) is 0 Å². The number of nitrogens with zero attached hydrogens (tertiary/aromatic N) is 3. The van der Waals surface area contributed by atoms with Gasteiger partial charge < -0.3 is 10.2 Å². The fourth-order valence-corrected chi connectivity index (χ4v) is 1.73. The molecule has 0 bridgehead atoms. The number of hydrogen-bond donors (Lipinski definition) is 1. The van der Waals surface area contributed by atoms with E-state index in [0.717, 1.165) is 13.1 Å². The Kier molecular flexibility index (Phi) is 4.41. The van der Waals surface area contributed by atoms with E-state index < -0.39 is 0 Å². The molecular weight excluding hydrogens is 243 g/mol. The first-order valence-electron chi connectivity index (χ1n) is 6.15. The normalized spacial score (nSPS) is 10.5. The van der Waals surface area contributed by atoms with Crippen LogP contribution in [0.2, 0.25) is 0 Å². The molecule has 0 aliphatic heterocycles. The highest BCUT2D eigenvalue weighted by atomic mass is 19.1. The average Bonchev–Trinajstić information content (AvgIpc) is 2.45. The molecule has 1 aromatic heterocycles. The number of nitrogens with one attached hydrogen (secondary N) is 1. The van der Waals surface area contributed by atoms with Crippen molar-refractivity contribution in [2.45, 2.75) is 0 Å². The van der Waals surface area contributed by atoms with Gasteiger partial charge in [0, 0.05) is 43.7 Å². The molecule has 0 atom stereocenters. The van der Waals surface area contributed by atoms with E-state index >= 15 is 0 Å². The van der Waals surface area contributed by atoms with Crippen LogP contribution in [-0.2, 0) is 0 Å². The predicted octanol–water partition coefficient (Wildman–Crippen LogP) is 1.94. The van der Waals surface area contributed by atoms with Crippen molar-refractivity contribution in [3.05, 3.63) is 42.5 Å². The molecule has 0 spiro atoms. The molecule has 0 aliphatic rings. The predicted molar refractivity (Wildman–Crippen MR) is 74.6 cm³/mol. The molecule has 0 fully saturated rings. The van der Waals surface area contributed by atoms with Gasteiger partial charge in [0.2, 0.25) is 5.95 Å². The van der Waals surface area contributed by atoms with E-state index in [4.69, 9.17) is 0 Å². The summed E-state index contributed by atoms with van der Waals surface area (Å²) in [6.07, 6.45) is 3.30. The van der Waals surface area contributed by atoms with Gasteiger partial charge in [-0.15, -0.1) is 0 Å². The Balaban J connectivity index is 2.17. The van der Waals surface area contributed by atoms with Crippen LogP contribution in [0.25, 0.3) is 11.1 Å². The number of aromatic nitrogens is 2. The van der Waals surface area contributed by atoms with Crippen LogP contribution in [0.4, 0.5) is 10.3 Å². The summed E-state index contributed by atoms with van der Waals surface area (Å²) in [5, 5.41) is 3.07. The Morgan fingerprint density at radius 1 is 1.21 bits per heavy atom. The van der Waals surface area contributed by atoms with Crippen molar-refractivity contribution in [3.8, 4) is 11.1 Å². The molecule has 4 nitrogen and oxygen atoms in total. The molecule has 1 N–H and O–H groups in total. The second kappa shape index (κ2) is 6.24. The van der Waals surface area contributed by atoms with Gasteiger partial charge in [0.25, 0.3) is 0 Å². The van der Waals surface area contributed by atoms with Crippen molar-refractivity contribution < 1.29 is 4.39 Å². The smallest absolute Gasteiger partial charge is 0.225 e. The Morgan fingerprint density at radius 2 is 1.89 bits per heavy atom. The van der Waals surface area contributed by atoms with Crippen LogP contribution in [0.15, 0.2) is 36.7 Å². The van der Waals surface area contributed by atoms with Crippen LogP contribution >= 0.6 is 0 Å². The fraction of sp³-hybridized carbons (Fsp3) is 0.286. The van der Waals surface area contributed by atoms with Gasteiger partial charge in [-0.05, 0) is 13.1 Å². The van der Waals surface area contributed by atoms with Gasteiger partial charge >= 0.3 is 0 Å². The van der Waals surface area contributed by atoms with Gasteiger partial charge in [-0.3, -0.25) is 0 Å². The van der Waals surface area contributed by atoms with Crippen molar-refractivity contribution >= 4 is 5.95 Å². The summed E-state index contributed by atoms with van der Waals surface area (Å²) in [4.78, 5) is 10.5. The lowest BCUT2D eigenvalue weighted by Gasteiger charge is -2.16. The molecule has 0 unspecified atom stereocenters. The Bertz CT molecular complexity index is 527. The molecule has 5 heteroatoms. The van der Waals surface area contributed by atoms with E-state index in [2.05, 4.69) is 15.3 Å². The first-order valence-corrected chi connectivity index (χ1v) is 6.15. The zero-order valence-electron chi connectivity index (χ0n) is 11.1. The summed E-state index contributed by atoms with van der Waals surface area (Å²) in [6.45, 7) is 1.67. The van der Waals surface area contributed by atoms with Crippen LogP contribution in [0.5, 0.6) is 0 Å². The summed E-state index contributed by atoms with van der Waals surface area (Å²) in [5.74, 6) is 0.373. The van der Waals surface area contributed by atoms with E-state index in [1.54, 1.807) is 30.6 Å². The lowest BCUT2D eigenvalue weighted by atomic mass is 10.1. The number of rotatable bonds is 5. The van der Waals surface area contributed by atoms with Crippen LogP contribution in [0.1, 0.15) is 0 Å². The van der Waals surface area contributed by atoms with Crippen molar-refractivity contribution in [1.82, 2.24) is 15.3 Å². The first-order chi connectivity index (χ1) is 9.22. The highest BCUT2D eigenvalue weighted by Gasteiger charge is 2.07. The van der Waals surface area contributed by atoms with Crippen molar-refractivity contribution in [3.63, 3.8) is 0 Å². The highest BCUT2D eigenvalue weighted by molar-refractivity contribution is 5.62. The third kappa shape index (κ3) is 3.26. The minimum absolute atomic E-state index is 0.262. The maximum atomic E-state index is 13.6. The Morgan fingerprint density at radius 3 is 2.53 bits per heavy atom. The summed E-state index contributed by atoms with van der Waals surface area (Å²) >= 11 is 0. The van der Waals surface area contributed by atoms with E-state index in [-0.39, 0.29) is 5.82 Å². The van der Waals surface area contributed by atoms with E-state index in [1.807, 2.05) is 19.0 Å². The Labute approximate surface area is 112 Å². The van der Waals surface area contributed by atoms with Crippen LogP contribution in [0, 0.1) is 5.82 Å². The molecule has 1 aromatic carbocycles. The maximum Gasteiger partial charge on any atom is 0.225 e. The van der Waals surface area contributed by atoms with Crippen LogP contribution < -0.4 is 10.2 Å². The average molecular weight is 260 g/mol. The van der Waals surface area contributed by atoms with Gasteiger partial charge in [-0.1, -0.05) is 18.2 Å². The van der Waals surface area contributed by atoms with Crippen molar-refractivity contribution in [1.29, 1.82) is 0 Å². The molecule has 0 saturated carbocycles. The van der Waals surface area contributed by atoms with Gasteiger partial charge in [0.1, 0.15) is 5.82 Å². The Hall–Kier alpha value is -2.01. The van der Waals surface area contributed by atoms with Crippen LogP contribution in [0.3, 0.4) is 0 Å². The first kappa shape index (κ1) is 13.4. The SMILES string of the molecule is CNCCN(C)c1ncc(-c2ccccc2F)cn1. The van der Waals surface area contributed by atoms with E-state index in [9.17, 15) is 4.39 Å². The molecule has 0 radical (unpaired) electrons. The van der Waals surface area contributed by atoms with E-state index in [0.29, 0.717) is 17.1 Å². The standard InChI is InChI=1S/C14H17FN4/c1-16-7-8-19(2)14-17-9-11(10-18-14)12-5-3-4-6-13(12)15/h3-6,9-10,16H,7-8H2,1-2H3. The minimum atomic E-state index is -0.262. The molecule has 0 amide bonds. The van der Waals surface area contributed by atoms with Gasteiger partial charge in [0.15, 0.2) is 0 Å². The maximum absolute atomic E-state index is 13.6. The zero-order valence-corrected chi connectivity index (χ0v) is 11.1. The number of halogens is 1. The fourth-order valence-electron chi connectivity index (χ4n) is 1.73. The van der Waals surface area contributed by atoms with Crippen molar-refractivity contribution in [2.24, 2.45) is 0 Å². The summed E-state index contributed by atoms with van der Waals surface area (Å²) < 4.78 is 13.6. The highest BCUT2D eigenvalue weighted by Crippen LogP contribution is 2.21. The lowest BCUT2D eigenvalue weighted by molar-refractivity contribution is 0.631. The lowest BCUT2D eigenvalue weighted by Crippen LogP contribution is -2.28. The molecule has 2 rings (SSSR count). The molecule has 100 valence electrons.